The van der Waals surface area contributed by atoms with Gasteiger partial charge in [-0.05, 0) is 36.4 Å². The number of nitrogens with one attached hydrogen (secondary N) is 2. The van der Waals surface area contributed by atoms with Gasteiger partial charge >= 0.3 is 0 Å². The number of sulfone groups is 1. The van der Waals surface area contributed by atoms with Crippen LogP contribution in [0, 0.1) is 15.5 Å². The van der Waals surface area contributed by atoms with Gasteiger partial charge in [0, 0.05) is 29.6 Å². The predicted molar refractivity (Wildman–Crippen MR) is 137 cm³/mol. The molecule has 1 aliphatic heterocycles. The maximum Gasteiger partial charge on any atom is 0.293 e. The lowest BCUT2D eigenvalue weighted by Gasteiger charge is -2.38. The lowest BCUT2D eigenvalue weighted by atomic mass is 9.88. The number of aromatic nitrogens is 2. The number of nitro groups is 1. The van der Waals surface area contributed by atoms with E-state index in [-0.39, 0.29) is 38.0 Å². The third-order valence-electron chi connectivity index (χ3n) is 6.21. The Morgan fingerprint density at radius 2 is 2.05 bits per heavy atom. The van der Waals surface area contributed by atoms with Crippen LogP contribution >= 0.6 is 0 Å². The summed E-state index contributed by atoms with van der Waals surface area (Å²) in [5, 5.41) is 15.6. The molecular weight excluding hydrogens is 514 g/mol. The van der Waals surface area contributed by atoms with Crippen LogP contribution in [-0.2, 0) is 14.6 Å². The maximum atomic E-state index is 13.7. The van der Waals surface area contributed by atoms with Crippen LogP contribution in [0.15, 0.2) is 70.7 Å². The van der Waals surface area contributed by atoms with Crippen molar-refractivity contribution in [3.63, 3.8) is 0 Å². The highest BCUT2D eigenvalue weighted by Gasteiger charge is 2.34. The van der Waals surface area contributed by atoms with Gasteiger partial charge in [0.25, 0.3) is 11.6 Å². The van der Waals surface area contributed by atoms with Crippen molar-refractivity contribution >= 4 is 38.2 Å². The van der Waals surface area contributed by atoms with Crippen LogP contribution < -0.4 is 15.8 Å². The van der Waals surface area contributed by atoms with E-state index in [2.05, 4.69) is 15.3 Å². The molecule has 4 aromatic rings. The Labute approximate surface area is 216 Å². The van der Waals surface area contributed by atoms with Crippen molar-refractivity contribution < 1.29 is 27.6 Å². The number of nitrogens with zero attached hydrogens (tertiary/aromatic N) is 2. The maximum absolute atomic E-state index is 13.7. The molecular formula is C25H23N5O7S. The molecule has 2 aromatic heterocycles. The van der Waals surface area contributed by atoms with Crippen molar-refractivity contribution in [2.24, 2.45) is 11.1 Å². The number of H-pyrrole nitrogens is 1. The number of para-hydroxylation sites is 1. The van der Waals surface area contributed by atoms with E-state index < -0.39 is 26.4 Å². The minimum Gasteiger partial charge on any atom is -0.453 e. The number of anilines is 1. The number of primary amides is 1. The molecule has 1 saturated heterocycles. The highest BCUT2D eigenvalue weighted by molar-refractivity contribution is 7.91. The fourth-order valence-corrected chi connectivity index (χ4v) is 5.51. The van der Waals surface area contributed by atoms with E-state index in [1.807, 2.05) is 6.92 Å². The van der Waals surface area contributed by atoms with E-state index in [9.17, 15) is 23.3 Å². The van der Waals surface area contributed by atoms with Crippen LogP contribution in [0.25, 0.3) is 11.0 Å². The summed E-state index contributed by atoms with van der Waals surface area (Å²) in [5.74, 6) is -1.05. The SMILES string of the molecule is CC1(CNc2ccc(S(=O)(=O)c3cccc(C(N)=O)c3Oc3cnc4[nH]ccc4c3)cc2[N+](=O)[O-])COC1. The normalized spacial score (nSPS) is 14.6. The van der Waals surface area contributed by atoms with Gasteiger partial charge in [0.15, 0.2) is 5.75 Å². The number of ether oxygens (including phenoxy) is 2. The molecule has 3 heterocycles. The Hall–Kier alpha value is -4.49. The van der Waals surface area contributed by atoms with Crippen molar-refractivity contribution in [3.05, 3.63) is 76.6 Å². The molecule has 1 aliphatic rings. The highest BCUT2D eigenvalue weighted by Crippen LogP contribution is 2.38. The molecule has 0 aliphatic carbocycles. The van der Waals surface area contributed by atoms with Crippen LogP contribution in [0.5, 0.6) is 11.5 Å². The summed E-state index contributed by atoms with van der Waals surface area (Å²) in [7, 11) is -4.40. The van der Waals surface area contributed by atoms with E-state index in [0.717, 1.165) is 6.07 Å². The second-order valence-electron chi connectivity index (χ2n) is 9.28. The zero-order valence-corrected chi connectivity index (χ0v) is 20.9. The Morgan fingerprint density at radius 3 is 2.74 bits per heavy atom. The number of carbonyl (C=O) groups is 1. The molecule has 4 N–H and O–H groups in total. The number of amides is 1. The fraction of sp³-hybridized carbons (Fsp3) is 0.200. The quantitative estimate of drug-likeness (QED) is 0.212. The van der Waals surface area contributed by atoms with Crippen molar-refractivity contribution in [1.82, 2.24) is 9.97 Å². The first-order valence-electron chi connectivity index (χ1n) is 11.5. The van der Waals surface area contributed by atoms with Gasteiger partial charge in [-0.25, -0.2) is 13.4 Å². The molecule has 2 aromatic carbocycles. The number of hydrogen-bond donors (Lipinski definition) is 3. The highest BCUT2D eigenvalue weighted by atomic mass is 32.2. The summed E-state index contributed by atoms with van der Waals surface area (Å²) in [6.45, 7) is 3.43. The molecule has 196 valence electrons. The molecule has 1 amide bonds. The molecule has 38 heavy (non-hydrogen) atoms. The van der Waals surface area contributed by atoms with Crippen LogP contribution in [0.2, 0.25) is 0 Å². The summed E-state index contributed by atoms with van der Waals surface area (Å²) in [6.07, 6.45) is 3.05. The lowest BCUT2D eigenvalue weighted by molar-refractivity contribution is -0.384. The number of pyridine rings is 1. The number of nitrogens with two attached hydrogens (primary N) is 1. The molecule has 0 atom stereocenters. The van der Waals surface area contributed by atoms with E-state index in [4.69, 9.17) is 15.2 Å². The van der Waals surface area contributed by atoms with Gasteiger partial charge < -0.3 is 25.5 Å². The third-order valence-corrected chi connectivity index (χ3v) is 7.99. The first-order chi connectivity index (χ1) is 18.1. The standard InChI is InChI=1S/C25H23N5O7S/c1-25(13-36-14-25)12-29-19-6-5-17(10-20(19)30(32)33)38(34,35)21-4-2-3-18(23(26)31)22(21)37-16-9-15-7-8-27-24(15)28-11-16/h2-11,29H,12-14H2,1H3,(H2,26,31)(H,27,28). The molecule has 13 heteroatoms. The monoisotopic (exact) mass is 537 g/mol. The molecule has 12 nitrogen and oxygen atoms in total. The van der Waals surface area contributed by atoms with Crippen molar-refractivity contribution in [2.45, 2.75) is 16.7 Å². The van der Waals surface area contributed by atoms with Gasteiger partial charge in [-0.15, -0.1) is 0 Å². The summed E-state index contributed by atoms with van der Waals surface area (Å²) < 4.78 is 38.6. The Kier molecular flexibility index (Phi) is 6.25. The second kappa shape index (κ2) is 9.43. The number of nitro benzene ring substituents is 1. The molecule has 0 bridgehead atoms. The van der Waals surface area contributed by atoms with Gasteiger partial charge in [-0.2, -0.15) is 0 Å². The Morgan fingerprint density at radius 1 is 1.26 bits per heavy atom. The number of hydrogen-bond acceptors (Lipinski definition) is 9. The topological polar surface area (TPSA) is 180 Å². The first-order valence-corrected chi connectivity index (χ1v) is 12.9. The van der Waals surface area contributed by atoms with Crippen LogP contribution in [0.1, 0.15) is 17.3 Å². The lowest BCUT2D eigenvalue weighted by Crippen LogP contribution is -2.45. The van der Waals surface area contributed by atoms with Crippen molar-refractivity contribution in [3.8, 4) is 11.5 Å². The molecule has 1 fully saturated rings. The molecule has 0 spiro atoms. The van der Waals surface area contributed by atoms with E-state index in [0.29, 0.717) is 30.8 Å². The Bertz CT molecular complexity index is 1680. The average molecular weight is 538 g/mol. The molecule has 0 radical (unpaired) electrons. The number of aromatic amines is 1. The smallest absolute Gasteiger partial charge is 0.293 e. The zero-order chi connectivity index (χ0) is 27.1. The summed E-state index contributed by atoms with van der Waals surface area (Å²) in [6, 6.07) is 10.9. The summed E-state index contributed by atoms with van der Waals surface area (Å²) >= 11 is 0. The van der Waals surface area contributed by atoms with Gasteiger partial charge in [0.1, 0.15) is 22.0 Å². The first kappa shape index (κ1) is 25.2. The summed E-state index contributed by atoms with van der Waals surface area (Å²) in [5.41, 5.74) is 5.53. The van der Waals surface area contributed by atoms with Crippen molar-refractivity contribution in [2.75, 3.05) is 25.1 Å². The summed E-state index contributed by atoms with van der Waals surface area (Å²) in [4.78, 5) is 29.8. The van der Waals surface area contributed by atoms with Gasteiger partial charge in [-0.1, -0.05) is 13.0 Å². The zero-order valence-electron chi connectivity index (χ0n) is 20.1. The molecule has 0 saturated carbocycles. The largest absolute Gasteiger partial charge is 0.453 e. The van der Waals surface area contributed by atoms with Crippen LogP contribution in [0.4, 0.5) is 11.4 Å². The van der Waals surface area contributed by atoms with E-state index in [1.165, 1.54) is 36.5 Å². The van der Waals surface area contributed by atoms with Crippen molar-refractivity contribution in [1.29, 1.82) is 0 Å². The number of rotatable bonds is 9. The van der Waals surface area contributed by atoms with Gasteiger partial charge in [0.2, 0.25) is 9.84 Å². The number of benzene rings is 2. The van der Waals surface area contributed by atoms with Crippen LogP contribution in [-0.4, -0.2) is 49.0 Å². The van der Waals surface area contributed by atoms with Gasteiger partial charge in [-0.3, -0.25) is 14.9 Å². The van der Waals surface area contributed by atoms with E-state index >= 15 is 0 Å². The minimum absolute atomic E-state index is 0.168. The molecule has 5 rings (SSSR count). The fourth-order valence-electron chi connectivity index (χ4n) is 4.09. The number of carbonyl (C=O) groups excluding carboxylic acids is 1. The van der Waals surface area contributed by atoms with Gasteiger partial charge in [0.05, 0.1) is 34.8 Å². The third kappa shape index (κ3) is 4.64. The second-order valence-corrected chi connectivity index (χ2v) is 11.2. The predicted octanol–water partition coefficient (Wildman–Crippen LogP) is 3.64. The molecule has 0 unspecified atom stereocenters. The minimum atomic E-state index is -4.40. The van der Waals surface area contributed by atoms with Crippen LogP contribution in [0.3, 0.4) is 0 Å². The van der Waals surface area contributed by atoms with E-state index in [1.54, 1.807) is 18.3 Å². The number of fused-ring (bicyclic) bond motifs is 1. The Balaban J connectivity index is 1.55. The average Bonchev–Trinajstić information content (AvgIpc) is 3.34.